The predicted octanol–water partition coefficient (Wildman–Crippen LogP) is -0.0627. The summed E-state index contributed by atoms with van der Waals surface area (Å²) in [6, 6.07) is 6.66. The summed E-state index contributed by atoms with van der Waals surface area (Å²) in [5.74, 6) is -0.371. The van der Waals surface area contributed by atoms with Crippen molar-refractivity contribution in [1.82, 2.24) is 4.90 Å². The average Bonchev–Trinajstić information content (AvgIpc) is 2.55. The molecule has 0 aromatic heterocycles. The fourth-order valence-electron chi connectivity index (χ4n) is 2.72. The molecule has 136 valence electrons. The van der Waals surface area contributed by atoms with Gasteiger partial charge in [0.1, 0.15) is 0 Å². The van der Waals surface area contributed by atoms with Gasteiger partial charge in [-0.05, 0) is 38.1 Å². The number of ether oxygens (including phenoxy) is 1. The number of hydrogen-bond donors (Lipinski definition) is 2. The van der Waals surface area contributed by atoms with Crippen LogP contribution in [-0.4, -0.2) is 61.5 Å². The van der Waals surface area contributed by atoms with Gasteiger partial charge >= 0.3 is 5.97 Å². The molecule has 1 aliphatic heterocycles. The second-order valence-corrected chi connectivity index (χ2v) is 6.51. The first-order valence-corrected chi connectivity index (χ1v) is 8.55. The smallest absolute Gasteiger partial charge is 0.338 e. The van der Waals surface area contributed by atoms with Crippen LogP contribution in [0.4, 0.5) is 5.69 Å². The zero-order valence-electron chi connectivity index (χ0n) is 15.0. The Balaban J connectivity index is 1.81. The van der Waals surface area contributed by atoms with Gasteiger partial charge in [0.15, 0.2) is 6.54 Å². The number of piperazine rings is 1. The van der Waals surface area contributed by atoms with Crippen LogP contribution in [0, 0.1) is 0 Å². The minimum Gasteiger partial charge on any atom is -0.459 e. The highest BCUT2D eigenvalue weighted by Gasteiger charge is 2.23. The second kappa shape index (κ2) is 8.62. The van der Waals surface area contributed by atoms with Crippen LogP contribution in [0.25, 0.3) is 0 Å². The number of carbonyl (C=O) groups is 3. The summed E-state index contributed by atoms with van der Waals surface area (Å²) >= 11 is 0. The molecule has 7 nitrogen and oxygen atoms in total. The van der Waals surface area contributed by atoms with E-state index in [-0.39, 0.29) is 23.9 Å². The number of esters is 1. The minimum atomic E-state index is -0.374. The van der Waals surface area contributed by atoms with Crippen molar-refractivity contribution in [1.29, 1.82) is 0 Å². The second-order valence-electron chi connectivity index (χ2n) is 6.51. The maximum absolute atomic E-state index is 12.2. The van der Waals surface area contributed by atoms with Gasteiger partial charge in [0.05, 0.1) is 37.8 Å². The summed E-state index contributed by atoms with van der Waals surface area (Å²) < 4.78 is 5.13. The number of nitrogens with one attached hydrogen (secondary N) is 2. The fraction of sp³-hybridized carbons (Fsp3) is 0.500. The summed E-state index contributed by atoms with van der Waals surface area (Å²) in [4.78, 5) is 38.2. The highest BCUT2D eigenvalue weighted by Crippen LogP contribution is 2.11. The number of rotatable bonds is 5. The van der Waals surface area contributed by atoms with Gasteiger partial charge in [-0.15, -0.1) is 0 Å². The predicted molar refractivity (Wildman–Crippen MR) is 93.4 cm³/mol. The molecule has 7 heteroatoms. The first-order valence-electron chi connectivity index (χ1n) is 8.55. The molecule has 0 radical (unpaired) electrons. The van der Waals surface area contributed by atoms with E-state index in [2.05, 4.69) is 5.32 Å². The third-order valence-corrected chi connectivity index (χ3v) is 4.07. The molecule has 2 amide bonds. The van der Waals surface area contributed by atoms with Crippen LogP contribution < -0.4 is 10.2 Å². The number of carbonyl (C=O) groups excluding carboxylic acids is 3. The van der Waals surface area contributed by atoms with E-state index in [9.17, 15) is 14.4 Å². The van der Waals surface area contributed by atoms with Crippen molar-refractivity contribution in [2.75, 3.05) is 38.0 Å². The summed E-state index contributed by atoms with van der Waals surface area (Å²) in [5.41, 5.74) is 1.10. The SMILES string of the molecule is CC(=O)N1CC[NH+](CC(=O)Nc2ccc(C(=O)OC(C)C)cc2)CC1. The van der Waals surface area contributed by atoms with E-state index in [1.54, 1.807) is 49.9 Å². The zero-order valence-corrected chi connectivity index (χ0v) is 15.0. The molecule has 2 N–H and O–H groups in total. The highest BCUT2D eigenvalue weighted by atomic mass is 16.5. The summed E-state index contributed by atoms with van der Waals surface area (Å²) in [6.07, 6.45) is -0.168. The topological polar surface area (TPSA) is 80.2 Å². The Morgan fingerprint density at radius 1 is 1.16 bits per heavy atom. The van der Waals surface area contributed by atoms with Crippen molar-refractivity contribution in [3.05, 3.63) is 29.8 Å². The lowest BCUT2D eigenvalue weighted by Gasteiger charge is -2.31. The van der Waals surface area contributed by atoms with E-state index in [4.69, 9.17) is 4.74 Å². The lowest BCUT2D eigenvalue weighted by atomic mass is 10.2. The van der Waals surface area contributed by atoms with Gasteiger partial charge in [0.2, 0.25) is 5.91 Å². The largest absolute Gasteiger partial charge is 0.459 e. The van der Waals surface area contributed by atoms with E-state index < -0.39 is 0 Å². The Bertz CT molecular complexity index is 620. The van der Waals surface area contributed by atoms with Gasteiger partial charge in [-0.1, -0.05) is 0 Å². The molecule has 1 saturated heterocycles. The van der Waals surface area contributed by atoms with Crippen LogP contribution in [0.1, 0.15) is 31.1 Å². The Morgan fingerprint density at radius 3 is 2.28 bits per heavy atom. The number of quaternary nitrogens is 1. The molecule has 0 spiro atoms. The number of benzene rings is 1. The van der Waals surface area contributed by atoms with Crippen molar-refractivity contribution < 1.29 is 24.0 Å². The van der Waals surface area contributed by atoms with E-state index in [0.717, 1.165) is 18.0 Å². The van der Waals surface area contributed by atoms with E-state index in [0.29, 0.717) is 30.9 Å². The molecule has 0 atom stereocenters. The molecule has 1 aromatic carbocycles. The van der Waals surface area contributed by atoms with Crippen LogP contribution in [0.3, 0.4) is 0 Å². The van der Waals surface area contributed by atoms with Crippen LogP contribution in [0.2, 0.25) is 0 Å². The average molecular weight is 348 g/mol. The van der Waals surface area contributed by atoms with Crippen molar-refractivity contribution in [2.24, 2.45) is 0 Å². The van der Waals surface area contributed by atoms with Crippen LogP contribution >= 0.6 is 0 Å². The molecule has 1 heterocycles. The van der Waals surface area contributed by atoms with Crippen molar-refractivity contribution >= 4 is 23.5 Å². The normalized spacial score (nSPS) is 15.1. The first-order chi connectivity index (χ1) is 11.8. The lowest BCUT2D eigenvalue weighted by Crippen LogP contribution is -3.15. The molecule has 0 saturated carbocycles. The minimum absolute atomic E-state index is 0.0798. The molecule has 25 heavy (non-hydrogen) atoms. The molecule has 1 aromatic rings. The fourth-order valence-corrected chi connectivity index (χ4v) is 2.72. The number of amides is 2. The van der Waals surface area contributed by atoms with Crippen molar-refractivity contribution in [3.63, 3.8) is 0 Å². The van der Waals surface area contributed by atoms with E-state index in [1.165, 1.54) is 0 Å². The first kappa shape index (κ1) is 18.9. The van der Waals surface area contributed by atoms with Crippen molar-refractivity contribution in [2.45, 2.75) is 26.9 Å². The van der Waals surface area contributed by atoms with Gasteiger partial charge in [-0.25, -0.2) is 4.79 Å². The zero-order chi connectivity index (χ0) is 18.4. The highest BCUT2D eigenvalue weighted by molar-refractivity contribution is 5.93. The van der Waals surface area contributed by atoms with E-state index in [1.807, 2.05) is 0 Å². The molecule has 1 aliphatic rings. The molecular weight excluding hydrogens is 322 g/mol. The van der Waals surface area contributed by atoms with Crippen LogP contribution in [-0.2, 0) is 14.3 Å². The van der Waals surface area contributed by atoms with Gasteiger partial charge < -0.3 is 19.9 Å². The number of hydrogen-bond acceptors (Lipinski definition) is 4. The van der Waals surface area contributed by atoms with Crippen LogP contribution in [0.15, 0.2) is 24.3 Å². The molecule has 0 bridgehead atoms. The quantitative estimate of drug-likeness (QED) is 0.731. The molecular formula is C18H26N3O4+. The number of anilines is 1. The lowest BCUT2D eigenvalue weighted by molar-refractivity contribution is -0.895. The summed E-state index contributed by atoms with van der Waals surface area (Å²) in [7, 11) is 0. The Morgan fingerprint density at radius 2 is 1.76 bits per heavy atom. The third-order valence-electron chi connectivity index (χ3n) is 4.07. The monoisotopic (exact) mass is 348 g/mol. The molecule has 0 unspecified atom stereocenters. The molecule has 1 fully saturated rings. The van der Waals surface area contributed by atoms with E-state index >= 15 is 0 Å². The van der Waals surface area contributed by atoms with Gasteiger partial charge in [0, 0.05) is 12.6 Å². The Kier molecular flexibility index (Phi) is 6.52. The van der Waals surface area contributed by atoms with Gasteiger partial charge in [0.25, 0.3) is 5.91 Å². The summed E-state index contributed by atoms with van der Waals surface area (Å²) in [5, 5.41) is 2.84. The van der Waals surface area contributed by atoms with Crippen LogP contribution in [0.5, 0.6) is 0 Å². The summed E-state index contributed by atoms with van der Waals surface area (Å²) in [6.45, 7) is 8.44. The number of nitrogens with zero attached hydrogens (tertiary/aromatic N) is 1. The molecule has 0 aliphatic carbocycles. The van der Waals surface area contributed by atoms with Gasteiger partial charge in [-0.2, -0.15) is 0 Å². The Hall–Kier alpha value is -2.41. The maximum atomic E-state index is 12.2. The molecule has 2 rings (SSSR count). The van der Waals surface area contributed by atoms with Gasteiger partial charge in [-0.3, -0.25) is 9.59 Å². The standard InChI is InChI=1S/C18H25N3O4/c1-13(2)25-18(24)15-4-6-16(7-5-15)19-17(23)12-20-8-10-21(11-9-20)14(3)22/h4-7,13H,8-12H2,1-3H3,(H,19,23)/p+1. The maximum Gasteiger partial charge on any atom is 0.338 e. The third kappa shape index (κ3) is 5.86. The van der Waals surface area contributed by atoms with Crippen molar-refractivity contribution in [3.8, 4) is 0 Å². The Labute approximate surface area is 147 Å².